The molecule has 2 aromatic carbocycles. The molecule has 31 heavy (non-hydrogen) atoms. The minimum Gasteiger partial charge on any atom is -0.457 e. The zero-order valence-electron chi connectivity index (χ0n) is 15.7. The van der Waals surface area contributed by atoms with Crippen LogP contribution in [0.3, 0.4) is 0 Å². The summed E-state index contributed by atoms with van der Waals surface area (Å²) in [4.78, 5) is 48.2. The van der Waals surface area contributed by atoms with Gasteiger partial charge in [-0.1, -0.05) is 30.3 Å². The lowest BCUT2D eigenvalue weighted by Gasteiger charge is -2.13. The molecular weight excluding hydrogens is 406 g/mol. The number of hydrogen-bond acceptors (Lipinski definition) is 7. The van der Waals surface area contributed by atoms with E-state index >= 15 is 0 Å². The Kier molecular flexibility index (Phi) is 5.02. The second-order valence-electron chi connectivity index (χ2n) is 6.29. The summed E-state index contributed by atoms with van der Waals surface area (Å²) in [5, 5.41) is 12.5. The molecule has 0 unspecified atom stereocenters. The average Bonchev–Trinajstić information content (AvgIpc) is 3.40. The molecule has 1 saturated heterocycles. The Hall–Kier alpha value is -4.73. The molecule has 1 N–H and O–H groups in total. The van der Waals surface area contributed by atoms with E-state index in [0.29, 0.717) is 5.69 Å². The topological polar surface area (TPSA) is 132 Å². The molecule has 1 aromatic heterocycles. The van der Waals surface area contributed by atoms with Crippen molar-refractivity contribution in [3.8, 4) is 5.75 Å². The first-order valence-corrected chi connectivity index (χ1v) is 8.91. The van der Waals surface area contributed by atoms with Crippen molar-refractivity contribution in [2.24, 2.45) is 0 Å². The van der Waals surface area contributed by atoms with E-state index < -0.39 is 34.1 Å². The molecule has 2 amide bonds. The third kappa shape index (κ3) is 3.77. The molecule has 154 valence electrons. The second kappa shape index (κ2) is 7.95. The van der Waals surface area contributed by atoms with Crippen molar-refractivity contribution in [2.75, 3.05) is 5.01 Å². The van der Waals surface area contributed by atoms with Gasteiger partial charge in [-0.05, 0) is 30.3 Å². The highest BCUT2D eigenvalue weighted by Crippen LogP contribution is 2.34. The van der Waals surface area contributed by atoms with Gasteiger partial charge < -0.3 is 9.15 Å². The van der Waals surface area contributed by atoms with Gasteiger partial charge in [0.1, 0.15) is 5.57 Å². The van der Waals surface area contributed by atoms with Crippen LogP contribution in [0.2, 0.25) is 0 Å². The summed E-state index contributed by atoms with van der Waals surface area (Å²) in [5.41, 5.74) is 2.08. The number of nitrogens with zero attached hydrogens (tertiary/aromatic N) is 2. The zero-order chi connectivity index (χ0) is 22.0. The summed E-state index contributed by atoms with van der Waals surface area (Å²) in [6, 6.07) is 15.1. The first kappa shape index (κ1) is 19.6. The van der Waals surface area contributed by atoms with Crippen LogP contribution < -0.4 is 15.2 Å². The summed E-state index contributed by atoms with van der Waals surface area (Å²) in [7, 11) is 0. The molecule has 0 spiro atoms. The maximum Gasteiger partial charge on any atom is 0.379 e. The molecule has 0 radical (unpaired) electrons. The minimum absolute atomic E-state index is 0.00233. The molecule has 0 aliphatic carbocycles. The SMILES string of the molecule is O=C1NN(c2ccccc2)C(=O)/C1=C\c1cccc([N+](=O)[O-])c1OC(=O)c1ccco1. The molecule has 2 heterocycles. The fraction of sp³-hybridized carbons (Fsp3) is 0. The van der Waals surface area contributed by atoms with Crippen LogP contribution in [0, 0.1) is 10.1 Å². The van der Waals surface area contributed by atoms with Gasteiger partial charge >= 0.3 is 11.7 Å². The second-order valence-corrected chi connectivity index (χ2v) is 6.29. The van der Waals surface area contributed by atoms with Gasteiger partial charge in [0.05, 0.1) is 16.9 Å². The molecule has 1 aliphatic rings. The number of benzene rings is 2. The van der Waals surface area contributed by atoms with Gasteiger partial charge in [0, 0.05) is 11.6 Å². The normalized spacial score (nSPS) is 14.6. The first-order chi connectivity index (χ1) is 15.0. The maximum atomic E-state index is 12.8. The predicted molar refractivity (Wildman–Crippen MR) is 107 cm³/mol. The Morgan fingerprint density at radius 1 is 1.06 bits per heavy atom. The van der Waals surface area contributed by atoms with E-state index in [-0.39, 0.29) is 16.9 Å². The lowest BCUT2D eigenvalue weighted by Crippen LogP contribution is -2.35. The highest BCUT2D eigenvalue weighted by atomic mass is 16.6. The molecule has 10 nitrogen and oxygen atoms in total. The molecule has 1 fully saturated rings. The third-order valence-electron chi connectivity index (χ3n) is 4.34. The quantitative estimate of drug-likeness (QED) is 0.168. The van der Waals surface area contributed by atoms with Gasteiger partial charge in [0.15, 0.2) is 0 Å². The number of anilines is 1. The van der Waals surface area contributed by atoms with Crippen LogP contribution in [0.15, 0.2) is 76.9 Å². The number of carbonyl (C=O) groups is 3. The fourth-order valence-electron chi connectivity index (χ4n) is 2.92. The lowest BCUT2D eigenvalue weighted by molar-refractivity contribution is -0.385. The largest absolute Gasteiger partial charge is 0.457 e. The number of furan rings is 1. The van der Waals surface area contributed by atoms with Crippen LogP contribution >= 0.6 is 0 Å². The number of rotatable bonds is 5. The predicted octanol–water partition coefficient (Wildman–Crippen LogP) is 2.87. The maximum absolute atomic E-state index is 12.8. The van der Waals surface area contributed by atoms with Crippen LogP contribution in [-0.2, 0) is 9.59 Å². The Labute approximate surface area is 174 Å². The molecule has 0 bridgehead atoms. The number of amides is 2. The summed E-state index contributed by atoms with van der Waals surface area (Å²) >= 11 is 0. The summed E-state index contributed by atoms with van der Waals surface area (Å²) in [6.07, 6.45) is 2.39. The van der Waals surface area contributed by atoms with E-state index in [1.54, 1.807) is 30.3 Å². The van der Waals surface area contributed by atoms with Gasteiger partial charge in [0.2, 0.25) is 11.5 Å². The van der Waals surface area contributed by atoms with E-state index in [1.165, 1.54) is 30.5 Å². The molecule has 1 aliphatic heterocycles. The van der Waals surface area contributed by atoms with Crippen LogP contribution in [0.5, 0.6) is 5.75 Å². The number of nitro groups is 1. The standard InChI is InChI=1S/C21H13N3O7/c25-19-15(20(26)23(22-19)14-7-2-1-3-8-14)12-13-6-4-9-16(24(28)29)18(13)31-21(27)17-10-5-11-30-17/h1-12H,(H,22,25)/b15-12-. The minimum atomic E-state index is -0.966. The molecule has 10 heteroatoms. The molecular formula is C21H13N3O7. The van der Waals surface area contributed by atoms with Crippen LogP contribution in [0.1, 0.15) is 16.1 Å². The van der Waals surface area contributed by atoms with Crippen molar-refractivity contribution < 1.29 is 28.5 Å². The Balaban J connectivity index is 1.74. The molecule has 0 atom stereocenters. The Bertz CT molecular complexity index is 1220. The first-order valence-electron chi connectivity index (χ1n) is 8.91. The Morgan fingerprint density at radius 3 is 2.52 bits per heavy atom. The summed E-state index contributed by atoms with van der Waals surface area (Å²) in [6.45, 7) is 0. The molecule has 3 aromatic rings. The zero-order valence-corrected chi connectivity index (χ0v) is 15.7. The van der Waals surface area contributed by atoms with Gasteiger partial charge in [-0.3, -0.25) is 25.1 Å². The van der Waals surface area contributed by atoms with E-state index in [1.807, 2.05) is 0 Å². The van der Waals surface area contributed by atoms with Crippen LogP contribution in [0.25, 0.3) is 6.08 Å². The molecule has 0 saturated carbocycles. The number of esters is 1. The van der Waals surface area contributed by atoms with Gasteiger partial charge in [-0.15, -0.1) is 0 Å². The average molecular weight is 419 g/mol. The summed E-state index contributed by atoms with van der Waals surface area (Å²) < 4.78 is 10.2. The fourth-order valence-corrected chi connectivity index (χ4v) is 2.92. The number of carbonyl (C=O) groups excluding carboxylic acids is 3. The highest BCUT2D eigenvalue weighted by molar-refractivity contribution is 6.31. The van der Waals surface area contributed by atoms with Crippen molar-refractivity contribution in [1.29, 1.82) is 0 Å². The number of nitro benzene ring substituents is 1. The number of para-hydroxylation sites is 2. The lowest BCUT2D eigenvalue weighted by atomic mass is 10.1. The number of nitrogens with one attached hydrogen (secondary N) is 1. The Morgan fingerprint density at radius 2 is 1.84 bits per heavy atom. The van der Waals surface area contributed by atoms with Crippen molar-refractivity contribution in [3.05, 3.63) is 93.9 Å². The number of ether oxygens (including phenoxy) is 1. The van der Waals surface area contributed by atoms with E-state index in [4.69, 9.17) is 9.15 Å². The highest BCUT2D eigenvalue weighted by Gasteiger charge is 2.35. The van der Waals surface area contributed by atoms with Crippen LogP contribution in [0.4, 0.5) is 11.4 Å². The number of hydrazine groups is 1. The molecule has 4 rings (SSSR count). The van der Waals surface area contributed by atoms with Crippen molar-refractivity contribution in [1.82, 2.24) is 5.43 Å². The van der Waals surface area contributed by atoms with Crippen molar-refractivity contribution >= 4 is 35.2 Å². The summed E-state index contributed by atoms with van der Waals surface area (Å²) in [5.74, 6) is -2.91. The monoisotopic (exact) mass is 419 g/mol. The smallest absolute Gasteiger partial charge is 0.379 e. The van der Waals surface area contributed by atoms with E-state index in [0.717, 1.165) is 17.2 Å². The van der Waals surface area contributed by atoms with E-state index in [9.17, 15) is 24.5 Å². The van der Waals surface area contributed by atoms with Gasteiger partial charge in [-0.2, -0.15) is 0 Å². The van der Waals surface area contributed by atoms with Gasteiger partial charge in [0.25, 0.3) is 11.8 Å². The van der Waals surface area contributed by atoms with Crippen molar-refractivity contribution in [2.45, 2.75) is 0 Å². The third-order valence-corrected chi connectivity index (χ3v) is 4.34. The van der Waals surface area contributed by atoms with E-state index in [2.05, 4.69) is 5.43 Å². The van der Waals surface area contributed by atoms with Crippen molar-refractivity contribution in [3.63, 3.8) is 0 Å². The van der Waals surface area contributed by atoms with Gasteiger partial charge in [-0.25, -0.2) is 9.80 Å². The number of hydrogen-bond donors (Lipinski definition) is 1. The van der Waals surface area contributed by atoms with Crippen LogP contribution in [-0.4, -0.2) is 22.7 Å².